The van der Waals surface area contributed by atoms with Gasteiger partial charge in [0.25, 0.3) is 0 Å². The molecule has 5 nitrogen and oxygen atoms in total. The van der Waals surface area contributed by atoms with Gasteiger partial charge in [0.05, 0.1) is 5.75 Å². The van der Waals surface area contributed by atoms with E-state index in [1.54, 1.807) is 4.90 Å². The molecule has 2 rings (SSSR count). The van der Waals surface area contributed by atoms with Gasteiger partial charge in [0.2, 0.25) is 5.91 Å². The molecule has 0 atom stereocenters. The number of nitrogens with zero attached hydrogens (tertiary/aromatic N) is 4. The monoisotopic (exact) mass is 338 g/mol. The average molecular weight is 339 g/mol. The Morgan fingerprint density at radius 3 is 2.68 bits per heavy atom. The molecule has 0 bridgehead atoms. The lowest BCUT2D eigenvalue weighted by Gasteiger charge is -2.17. The molecule has 0 fully saturated rings. The number of carbonyl (C=O) groups is 1. The van der Waals surface area contributed by atoms with E-state index in [0.29, 0.717) is 10.8 Å². The molecule has 0 unspecified atom stereocenters. The van der Waals surface area contributed by atoms with Crippen molar-refractivity contribution in [1.82, 2.24) is 19.7 Å². The maximum Gasteiger partial charge on any atom is 0.233 e. The molecule has 118 valence electrons. The molecule has 0 saturated carbocycles. The second kappa shape index (κ2) is 7.65. The molecular formula is C15H19ClN4OS. The standard InChI is InChI=1S/C15H19ClN4OS/c1-4-20(5-2)13(21)10-22-15-18-17-14(19(15)3)11-7-6-8-12(16)9-11/h6-9H,4-5,10H2,1-3H3. The predicted octanol–water partition coefficient (Wildman–Crippen LogP) is 3.10. The van der Waals surface area contributed by atoms with Gasteiger partial charge in [0, 0.05) is 30.7 Å². The smallest absolute Gasteiger partial charge is 0.233 e. The minimum absolute atomic E-state index is 0.113. The van der Waals surface area contributed by atoms with Crippen molar-refractivity contribution in [2.45, 2.75) is 19.0 Å². The van der Waals surface area contributed by atoms with Gasteiger partial charge < -0.3 is 9.47 Å². The summed E-state index contributed by atoms with van der Waals surface area (Å²) in [6.45, 7) is 5.40. The van der Waals surface area contributed by atoms with Crippen molar-refractivity contribution in [3.8, 4) is 11.4 Å². The molecule has 1 amide bonds. The summed E-state index contributed by atoms with van der Waals surface area (Å²) in [7, 11) is 1.89. The molecule has 0 radical (unpaired) electrons. The molecule has 0 spiro atoms. The summed E-state index contributed by atoms with van der Waals surface area (Å²) < 4.78 is 1.88. The van der Waals surface area contributed by atoms with Crippen LogP contribution in [-0.2, 0) is 11.8 Å². The molecule has 2 aromatic rings. The summed E-state index contributed by atoms with van der Waals surface area (Å²) in [6, 6.07) is 7.48. The van der Waals surface area contributed by atoms with Crippen molar-refractivity contribution in [3.63, 3.8) is 0 Å². The molecule has 22 heavy (non-hydrogen) atoms. The highest BCUT2D eigenvalue weighted by Crippen LogP contribution is 2.24. The molecule has 0 aliphatic rings. The van der Waals surface area contributed by atoms with Gasteiger partial charge in [0.1, 0.15) is 0 Å². The highest BCUT2D eigenvalue weighted by Gasteiger charge is 2.15. The normalized spacial score (nSPS) is 10.7. The topological polar surface area (TPSA) is 51.0 Å². The van der Waals surface area contributed by atoms with Gasteiger partial charge in [0.15, 0.2) is 11.0 Å². The Labute approximate surface area is 139 Å². The second-order valence-electron chi connectivity index (χ2n) is 4.73. The van der Waals surface area contributed by atoms with Crippen LogP contribution in [0.15, 0.2) is 29.4 Å². The first-order chi connectivity index (χ1) is 10.6. The SMILES string of the molecule is CCN(CC)C(=O)CSc1nnc(-c2cccc(Cl)c2)n1C. The molecule has 0 N–H and O–H groups in total. The highest BCUT2D eigenvalue weighted by atomic mass is 35.5. The molecular weight excluding hydrogens is 320 g/mol. The molecule has 1 heterocycles. The summed E-state index contributed by atoms with van der Waals surface area (Å²) in [5.74, 6) is 1.21. The van der Waals surface area contributed by atoms with E-state index < -0.39 is 0 Å². The summed E-state index contributed by atoms with van der Waals surface area (Å²) in [4.78, 5) is 13.8. The number of benzene rings is 1. The summed E-state index contributed by atoms with van der Waals surface area (Å²) >= 11 is 7.41. The van der Waals surface area contributed by atoms with Crippen molar-refractivity contribution < 1.29 is 4.79 Å². The minimum atomic E-state index is 0.113. The van der Waals surface area contributed by atoms with Gasteiger partial charge in [-0.1, -0.05) is 35.5 Å². The number of hydrogen-bond acceptors (Lipinski definition) is 4. The van der Waals surface area contributed by atoms with E-state index in [9.17, 15) is 4.79 Å². The van der Waals surface area contributed by atoms with E-state index in [1.165, 1.54) is 11.8 Å². The van der Waals surface area contributed by atoms with Crippen LogP contribution in [0.5, 0.6) is 0 Å². The number of halogens is 1. The Kier molecular flexibility index (Phi) is 5.85. The fourth-order valence-corrected chi connectivity index (χ4v) is 3.12. The summed E-state index contributed by atoms with van der Waals surface area (Å²) in [5, 5.41) is 9.74. The van der Waals surface area contributed by atoms with Crippen molar-refractivity contribution >= 4 is 29.3 Å². The third kappa shape index (κ3) is 3.81. The fraction of sp³-hybridized carbons (Fsp3) is 0.400. The number of thioether (sulfide) groups is 1. The Morgan fingerprint density at radius 1 is 1.32 bits per heavy atom. The first-order valence-electron chi connectivity index (χ1n) is 7.12. The lowest BCUT2D eigenvalue weighted by molar-refractivity contribution is -0.127. The van der Waals surface area contributed by atoms with Gasteiger partial charge in [-0.15, -0.1) is 10.2 Å². The van der Waals surface area contributed by atoms with Crippen molar-refractivity contribution in [2.75, 3.05) is 18.8 Å². The van der Waals surface area contributed by atoms with E-state index in [4.69, 9.17) is 11.6 Å². The zero-order valence-electron chi connectivity index (χ0n) is 12.9. The van der Waals surface area contributed by atoms with Crippen LogP contribution < -0.4 is 0 Å². The lowest BCUT2D eigenvalue weighted by Crippen LogP contribution is -2.31. The highest BCUT2D eigenvalue weighted by molar-refractivity contribution is 7.99. The molecule has 0 aliphatic carbocycles. The Balaban J connectivity index is 2.10. The Bertz CT molecular complexity index is 655. The van der Waals surface area contributed by atoms with E-state index >= 15 is 0 Å². The van der Waals surface area contributed by atoms with Crippen molar-refractivity contribution in [2.24, 2.45) is 7.05 Å². The third-order valence-corrected chi connectivity index (χ3v) is 4.60. The number of carbonyl (C=O) groups excluding carboxylic acids is 1. The maximum absolute atomic E-state index is 12.0. The number of amides is 1. The van der Waals surface area contributed by atoms with Crippen LogP contribution in [-0.4, -0.2) is 44.4 Å². The van der Waals surface area contributed by atoms with E-state index in [-0.39, 0.29) is 5.91 Å². The average Bonchev–Trinajstić information content (AvgIpc) is 2.87. The lowest BCUT2D eigenvalue weighted by atomic mass is 10.2. The van der Waals surface area contributed by atoms with E-state index in [0.717, 1.165) is 29.6 Å². The van der Waals surface area contributed by atoms with Crippen LogP contribution in [0.4, 0.5) is 0 Å². The fourth-order valence-electron chi connectivity index (χ4n) is 2.11. The third-order valence-electron chi connectivity index (χ3n) is 3.36. The zero-order valence-corrected chi connectivity index (χ0v) is 14.5. The van der Waals surface area contributed by atoms with E-state index in [2.05, 4.69) is 10.2 Å². The number of aromatic nitrogens is 3. The first-order valence-corrected chi connectivity index (χ1v) is 8.49. The van der Waals surface area contributed by atoms with Crippen LogP contribution in [0.3, 0.4) is 0 Å². The summed E-state index contributed by atoms with van der Waals surface area (Å²) in [5.41, 5.74) is 0.907. The van der Waals surface area contributed by atoms with Crippen molar-refractivity contribution in [1.29, 1.82) is 0 Å². The minimum Gasteiger partial charge on any atom is -0.343 e. The quantitative estimate of drug-likeness (QED) is 0.759. The second-order valence-corrected chi connectivity index (χ2v) is 6.11. The van der Waals surface area contributed by atoms with Gasteiger partial charge in [-0.3, -0.25) is 4.79 Å². The first kappa shape index (κ1) is 16.8. The van der Waals surface area contributed by atoms with Gasteiger partial charge in [-0.05, 0) is 26.0 Å². The van der Waals surface area contributed by atoms with Gasteiger partial charge >= 0.3 is 0 Å². The van der Waals surface area contributed by atoms with Gasteiger partial charge in [-0.25, -0.2) is 0 Å². The Hall–Kier alpha value is -1.53. The largest absolute Gasteiger partial charge is 0.343 e. The van der Waals surface area contributed by atoms with Crippen LogP contribution in [0.1, 0.15) is 13.8 Å². The Morgan fingerprint density at radius 2 is 2.05 bits per heavy atom. The van der Waals surface area contributed by atoms with Crippen LogP contribution in [0.25, 0.3) is 11.4 Å². The van der Waals surface area contributed by atoms with E-state index in [1.807, 2.05) is 49.7 Å². The predicted molar refractivity (Wildman–Crippen MR) is 90.1 cm³/mol. The van der Waals surface area contributed by atoms with Crippen molar-refractivity contribution in [3.05, 3.63) is 29.3 Å². The molecule has 1 aromatic heterocycles. The van der Waals surface area contributed by atoms with Crippen LogP contribution in [0, 0.1) is 0 Å². The molecule has 0 aliphatic heterocycles. The van der Waals surface area contributed by atoms with Crippen LogP contribution >= 0.6 is 23.4 Å². The van der Waals surface area contributed by atoms with Crippen LogP contribution in [0.2, 0.25) is 5.02 Å². The molecule has 7 heteroatoms. The summed E-state index contributed by atoms with van der Waals surface area (Å²) in [6.07, 6.45) is 0. The van der Waals surface area contributed by atoms with Gasteiger partial charge in [-0.2, -0.15) is 0 Å². The molecule has 0 saturated heterocycles. The number of rotatable bonds is 6. The number of hydrogen-bond donors (Lipinski definition) is 0. The zero-order chi connectivity index (χ0) is 16.1. The molecule has 1 aromatic carbocycles. The maximum atomic E-state index is 12.0.